The molecule has 1 heterocycles. The molecular weight excluding hydrogens is 384 g/mol. The summed E-state index contributed by atoms with van der Waals surface area (Å²) < 4.78 is 0. The molecule has 0 bridgehead atoms. The Balaban J connectivity index is 0.000000329. The summed E-state index contributed by atoms with van der Waals surface area (Å²) in [6, 6.07) is 16.7. The minimum Gasteiger partial charge on any atom is -0.398 e. The van der Waals surface area contributed by atoms with E-state index in [0.717, 1.165) is 17.2 Å². The zero-order valence-electron chi connectivity index (χ0n) is 15.3. The van der Waals surface area contributed by atoms with Crippen molar-refractivity contribution in [1.82, 2.24) is 4.98 Å². The molecule has 10 radical (unpaired) electrons. The number of nitrogens with two attached hydrogens (primary N) is 1. The fourth-order valence-corrected chi connectivity index (χ4v) is 3.30. The Labute approximate surface area is 179 Å². The quantitative estimate of drug-likeness (QED) is 0.610. The van der Waals surface area contributed by atoms with E-state index in [4.69, 9.17) is 5.73 Å². The molecule has 2 fully saturated rings. The van der Waals surface area contributed by atoms with Crippen LogP contribution in [0.15, 0.2) is 60.9 Å². The average molecular weight is 404 g/mol. The van der Waals surface area contributed by atoms with Gasteiger partial charge in [-0.2, -0.15) is 0 Å². The molecule has 136 valence electrons. The van der Waals surface area contributed by atoms with E-state index >= 15 is 0 Å². The van der Waals surface area contributed by atoms with E-state index in [2.05, 4.69) is 66.7 Å². The first-order valence-electron chi connectivity index (χ1n) is 8.95. The SMILES string of the molecule is Nc1ccncc1[C]1[CH][CH][CH][C]1c1cccc2ccccc12.[CH]1[CH][CH][CH][CH]1.[Fe+2]. The van der Waals surface area contributed by atoms with Gasteiger partial charge in [0, 0.05) is 35.5 Å². The van der Waals surface area contributed by atoms with Gasteiger partial charge in [-0.25, -0.2) is 0 Å². The van der Waals surface area contributed by atoms with Crippen molar-refractivity contribution in [1.29, 1.82) is 0 Å². The van der Waals surface area contributed by atoms with E-state index in [1.165, 1.54) is 22.3 Å². The number of pyridine rings is 1. The summed E-state index contributed by atoms with van der Waals surface area (Å²) in [6.07, 6.45) is 19.9. The molecule has 0 saturated heterocycles. The number of hydrogen-bond acceptors (Lipinski definition) is 2. The number of nitrogen functional groups attached to an aromatic ring is 1. The summed E-state index contributed by atoms with van der Waals surface area (Å²) in [7, 11) is 0. The molecule has 0 spiro atoms. The van der Waals surface area contributed by atoms with Gasteiger partial charge in [-0.1, -0.05) is 42.5 Å². The molecule has 2 aromatic carbocycles. The molecule has 0 atom stereocenters. The normalized spacial score (nSPS) is 17.1. The van der Waals surface area contributed by atoms with Gasteiger partial charge in [0.05, 0.1) is 0 Å². The maximum atomic E-state index is 6.13. The van der Waals surface area contributed by atoms with Crippen LogP contribution in [0.3, 0.4) is 0 Å². The van der Waals surface area contributed by atoms with Crippen LogP contribution >= 0.6 is 0 Å². The summed E-state index contributed by atoms with van der Waals surface area (Å²) in [5.74, 6) is 2.32. The van der Waals surface area contributed by atoms with Gasteiger partial charge in [0.25, 0.3) is 0 Å². The van der Waals surface area contributed by atoms with Gasteiger partial charge in [-0.3, -0.25) is 4.98 Å². The summed E-state index contributed by atoms with van der Waals surface area (Å²) in [6.45, 7) is 0. The Morgan fingerprint density at radius 2 is 1.29 bits per heavy atom. The molecule has 0 aliphatic heterocycles. The fraction of sp³-hybridized carbons (Fsp3) is 0. The maximum Gasteiger partial charge on any atom is 2.00 e. The van der Waals surface area contributed by atoms with Crippen molar-refractivity contribution in [3.8, 4) is 0 Å². The minimum absolute atomic E-state index is 0. The average Bonchev–Trinajstić information content (AvgIpc) is 3.43. The van der Waals surface area contributed by atoms with Crippen LogP contribution in [0.4, 0.5) is 5.69 Å². The summed E-state index contributed by atoms with van der Waals surface area (Å²) in [5.41, 5.74) is 9.09. The molecule has 2 aliphatic rings. The number of benzene rings is 2. The van der Waals surface area contributed by atoms with Crippen molar-refractivity contribution in [2.75, 3.05) is 5.73 Å². The van der Waals surface area contributed by atoms with Gasteiger partial charge in [0.2, 0.25) is 0 Å². The third kappa shape index (κ3) is 4.59. The minimum atomic E-state index is 0. The molecular formula is C25H20FeN2+2. The number of fused-ring (bicyclic) bond motifs is 1. The Morgan fingerprint density at radius 3 is 2.00 bits per heavy atom. The number of aromatic nitrogens is 1. The molecule has 0 unspecified atom stereocenters. The Morgan fingerprint density at radius 1 is 0.643 bits per heavy atom. The molecule has 2 N–H and O–H groups in total. The smallest absolute Gasteiger partial charge is 0.398 e. The zero-order valence-corrected chi connectivity index (χ0v) is 16.4. The van der Waals surface area contributed by atoms with Crippen molar-refractivity contribution >= 4 is 16.5 Å². The first-order chi connectivity index (χ1) is 13.3. The van der Waals surface area contributed by atoms with Gasteiger partial charge in [-0.05, 0) is 73.8 Å². The van der Waals surface area contributed by atoms with E-state index in [1.807, 2.05) is 44.4 Å². The third-order valence-corrected chi connectivity index (χ3v) is 4.60. The van der Waals surface area contributed by atoms with Crippen molar-refractivity contribution in [3.05, 3.63) is 135 Å². The Hall–Kier alpha value is -1.83. The summed E-state index contributed by atoms with van der Waals surface area (Å²) >= 11 is 0. The van der Waals surface area contributed by atoms with E-state index < -0.39 is 0 Å². The molecule has 1 aromatic heterocycles. The molecule has 3 aromatic rings. The van der Waals surface area contributed by atoms with Gasteiger partial charge < -0.3 is 5.73 Å². The topological polar surface area (TPSA) is 38.9 Å². The van der Waals surface area contributed by atoms with E-state index in [0.29, 0.717) is 0 Å². The van der Waals surface area contributed by atoms with Gasteiger partial charge in [-0.15, -0.1) is 0 Å². The van der Waals surface area contributed by atoms with Crippen LogP contribution < -0.4 is 5.73 Å². The monoisotopic (exact) mass is 404 g/mol. The molecule has 28 heavy (non-hydrogen) atoms. The van der Waals surface area contributed by atoms with Gasteiger partial charge >= 0.3 is 17.1 Å². The Kier molecular flexibility index (Phi) is 7.53. The van der Waals surface area contributed by atoms with Crippen LogP contribution in [0.2, 0.25) is 0 Å². The molecule has 3 heteroatoms. The van der Waals surface area contributed by atoms with Crippen LogP contribution in [0.1, 0.15) is 11.1 Å². The van der Waals surface area contributed by atoms with Gasteiger partial charge in [0.1, 0.15) is 0 Å². The number of rotatable bonds is 2. The Bertz CT molecular complexity index is 876. The molecule has 2 saturated carbocycles. The molecule has 2 nitrogen and oxygen atoms in total. The molecule has 2 aliphatic carbocycles. The molecule has 5 rings (SSSR count). The van der Waals surface area contributed by atoms with Crippen molar-refractivity contribution in [2.45, 2.75) is 0 Å². The maximum absolute atomic E-state index is 6.13. The van der Waals surface area contributed by atoms with Crippen LogP contribution in [0, 0.1) is 63.2 Å². The zero-order chi connectivity index (χ0) is 18.5. The number of anilines is 1. The third-order valence-electron chi connectivity index (χ3n) is 4.60. The van der Waals surface area contributed by atoms with Crippen LogP contribution in [0.5, 0.6) is 0 Å². The van der Waals surface area contributed by atoms with Crippen molar-refractivity contribution < 1.29 is 17.1 Å². The van der Waals surface area contributed by atoms with E-state index in [1.54, 1.807) is 6.20 Å². The van der Waals surface area contributed by atoms with Gasteiger partial charge in [0.15, 0.2) is 0 Å². The second kappa shape index (κ2) is 10.1. The summed E-state index contributed by atoms with van der Waals surface area (Å²) in [4.78, 5) is 4.22. The first-order valence-corrected chi connectivity index (χ1v) is 8.95. The largest absolute Gasteiger partial charge is 2.00 e. The second-order valence-electron chi connectivity index (χ2n) is 6.31. The predicted octanol–water partition coefficient (Wildman–Crippen LogP) is 5.01. The second-order valence-corrected chi connectivity index (χ2v) is 6.31. The van der Waals surface area contributed by atoms with Crippen molar-refractivity contribution in [3.63, 3.8) is 0 Å². The van der Waals surface area contributed by atoms with Crippen LogP contribution in [0.25, 0.3) is 10.8 Å². The van der Waals surface area contributed by atoms with E-state index in [-0.39, 0.29) is 17.1 Å². The standard InChI is InChI=1S/C20H15N2.C5H5.Fe/c21-20-11-12-22-13-19(20)18-10-4-9-17(18)16-8-3-6-14-5-1-2-7-15(14)16;1-2-4-5-3-1;/h1-13H,(H2,21,22);1-5H;/q;;+2. The predicted molar refractivity (Wildman–Crippen MR) is 112 cm³/mol. The summed E-state index contributed by atoms with van der Waals surface area (Å²) in [5, 5.41) is 2.49. The van der Waals surface area contributed by atoms with E-state index in [9.17, 15) is 0 Å². The van der Waals surface area contributed by atoms with Crippen LogP contribution in [-0.2, 0) is 17.1 Å². The van der Waals surface area contributed by atoms with Crippen molar-refractivity contribution in [2.24, 2.45) is 0 Å². The fourth-order valence-electron chi connectivity index (χ4n) is 3.30. The molecule has 0 amide bonds. The first kappa shape index (κ1) is 20.9. The number of nitrogens with zero attached hydrogens (tertiary/aromatic N) is 1. The van der Waals surface area contributed by atoms with Crippen LogP contribution in [-0.4, -0.2) is 4.98 Å². The number of hydrogen-bond donors (Lipinski definition) is 1.